The van der Waals surface area contributed by atoms with Crippen LogP contribution in [0.2, 0.25) is 5.02 Å². The molecule has 0 saturated carbocycles. The molecule has 0 spiro atoms. The quantitative estimate of drug-likeness (QED) is 0.437. The van der Waals surface area contributed by atoms with E-state index in [9.17, 15) is 4.39 Å². The Morgan fingerprint density at radius 3 is 2.03 bits per heavy atom. The average Bonchev–Trinajstić information content (AvgIpc) is 3.54. The van der Waals surface area contributed by atoms with E-state index in [-0.39, 0.29) is 22.7 Å². The summed E-state index contributed by atoms with van der Waals surface area (Å²) in [6.45, 7) is 15.2. The number of fused-ring (bicyclic) bond motifs is 1. The van der Waals surface area contributed by atoms with Gasteiger partial charge in [0.25, 0.3) is 0 Å². The minimum Gasteiger partial charge on any atom is -0.310 e. The van der Waals surface area contributed by atoms with Crippen molar-refractivity contribution in [2.75, 3.05) is 13.1 Å². The molecule has 2 atom stereocenters. The molecule has 2 aromatic carbocycles. The Kier molecular flexibility index (Phi) is 8.01. The zero-order valence-corrected chi connectivity index (χ0v) is 23.3. The maximum absolute atomic E-state index is 13.9. The molecule has 2 unspecified atom stereocenters. The molecule has 2 heterocycles. The van der Waals surface area contributed by atoms with Crippen molar-refractivity contribution < 1.29 is 4.39 Å². The minimum absolute atomic E-state index is 0.204. The Bertz CT molecular complexity index is 1040. The third-order valence-corrected chi connectivity index (χ3v) is 8.26. The van der Waals surface area contributed by atoms with E-state index in [0.29, 0.717) is 16.6 Å². The molecule has 2 aromatic rings. The summed E-state index contributed by atoms with van der Waals surface area (Å²) in [6.07, 6.45) is 8.82. The smallest absolute Gasteiger partial charge is 0.128 e. The largest absolute Gasteiger partial charge is 0.310 e. The molecule has 2 N–H and O–H groups in total. The Balaban J connectivity index is 0.000000165. The molecule has 2 aliphatic heterocycles. The van der Waals surface area contributed by atoms with Crippen LogP contribution in [0.1, 0.15) is 119 Å². The van der Waals surface area contributed by atoms with Crippen LogP contribution in [0, 0.1) is 5.82 Å². The topological polar surface area (TPSA) is 24.1 Å². The van der Waals surface area contributed by atoms with Gasteiger partial charge in [-0.3, -0.25) is 0 Å². The molecule has 4 heteroatoms. The molecule has 35 heavy (non-hydrogen) atoms. The van der Waals surface area contributed by atoms with Crippen LogP contribution in [0.15, 0.2) is 24.3 Å². The normalized spacial score (nSPS) is 22.2. The van der Waals surface area contributed by atoms with Crippen molar-refractivity contribution in [2.24, 2.45) is 0 Å². The third kappa shape index (κ3) is 5.78. The fraction of sp³-hybridized carbons (Fsp3) is 0.613. The summed E-state index contributed by atoms with van der Waals surface area (Å²) < 4.78 is 13.9. The number of hydrogen-bond acceptors (Lipinski definition) is 2. The lowest BCUT2D eigenvalue weighted by Crippen LogP contribution is -2.22. The van der Waals surface area contributed by atoms with Gasteiger partial charge < -0.3 is 10.6 Å². The summed E-state index contributed by atoms with van der Waals surface area (Å²) in [6, 6.07) is 9.05. The van der Waals surface area contributed by atoms with Crippen LogP contribution in [0.5, 0.6) is 0 Å². The van der Waals surface area contributed by atoms with E-state index in [1.54, 1.807) is 28.3 Å². The summed E-state index contributed by atoms with van der Waals surface area (Å²) in [7, 11) is 0. The molecule has 1 aliphatic carbocycles. The molecule has 0 aromatic heterocycles. The van der Waals surface area contributed by atoms with Gasteiger partial charge in [0.1, 0.15) is 5.82 Å². The van der Waals surface area contributed by atoms with Gasteiger partial charge >= 0.3 is 0 Å². The fourth-order valence-electron chi connectivity index (χ4n) is 6.15. The van der Waals surface area contributed by atoms with Gasteiger partial charge in [0.05, 0.1) is 5.02 Å². The zero-order chi connectivity index (χ0) is 25.4. The highest BCUT2D eigenvalue weighted by molar-refractivity contribution is 6.32. The van der Waals surface area contributed by atoms with Gasteiger partial charge in [-0.05, 0) is 103 Å². The molecule has 0 radical (unpaired) electrons. The van der Waals surface area contributed by atoms with Crippen LogP contribution in [0.3, 0.4) is 0 Å². The zero-order valence-electron chi connectivity index (χ0n) is 22.6. The Labute approximate surface area is 217 Å². The molecule has 3 aliphatic rings. The van der Waals surface area contributed by atoms with E-state index in [4.69, 9.17) is 11.6 Å². The molecule has 5 rings (SSSR count). The first kappa shape index (κ1) is 26.6. The van der Waals surface area contributed by atoms with Crippen molar-refractivity contribution in [1.29, 1.82) is 0 Å². The summed E-state index contributed by atoms with van der Waals surface area (Å²) in [5.41, 5.74) is 8.19. The van der Waals surface area contributed by atoms with Gasteiger partial charge in [0, 0.05) is 17.6 Å². The fourth-order valence-corrected chi connectivity index (χ4v) is 6.72. The lowest BCUT2D eigenvalue weighted by Gasteiger charge is -2.28. The second-order valence-corrected chi connectivity index (χ2v) is 13.0. The number of rotatable bonds is 2. The number of benzene rings is 2. The predicted molar refractivity (Wildman–Crippen MR) is 147 cm³/mol. The lowest BCUT2D eigenvalue weighted by atomic mass is 9.78. The van der Waals surface area contributed by atoms with E-state index in [2.05, 4.69) is 43.5 Å². The van der Waals surface area contributed by atoms with Crippen LogP contribution in [-0.2, 0) is 23.7 Å². The Hall–Kier alpha value is -1.42. The van der Waals surface area contributed by atoms with Gasteiger partial charge in [-0.25, -0.2) is 4.39 Å². The van der Waals surface area contributed by atoms with Crippen molar-refractivity contribution >= 4 is 11.6 Å². The van der Waals surface area contributed by atoms with E-state index in [1.807, 2.05) is 26.8 Å². The second kappa shape index (κ2) is 10.5. The van der Waals surface area contributed by atoms with Crippen LogP contribution in [0.25, 0.3) is 0 Å². The molecule has 0 amide bonds. The highest BCUT2D eigenvalue weighted by Crippen LogP contribution is 2.40. The van der Waals surface area contributed by atoms with E-state index >= 15 is 0 Å². The second-order valence-electron chi connectivity index (χ2n) is 12.6. The van der Waals surface area contributed by atoms with E-state index in [0.717, 1.165) is 24.9 Å². The van der Waals surface area contributed by atoms with Crippen molar-refractivity contribution in [3.05, 3.63) is 68.5 Å². The third-order valence-electron chi connectivity index (χ3n) is 7.85. The summed E-state index contributed by atoms with van der Waals surface area (Å²) in [4.78, 5) is 0. The number of hydrogen-bond donors (Lipinski definition) is 2. The highest BCUT2D eigenvalue weighted by Gasteiger charge is 2.30. The molecule has 2 fully saturated rings. The maximum atomic E-state index is 13.9. The van der Waals surface area contributed by atoms with E-state index < -0.39 is 0 Å². The Morgan fingerprint density at radius 1 is 0.800 bits per heavy atom. The van der Waals surface area contributed by atoms with Crippen molar-refractivity contribution in [1.82, 2.24) is 10.6 Å². The first-order valence-corrected chi connectivity index (χ1v) is 14.0. The SMILES string of the molecule is CC(C)(C)c1c(F)ccc(C2CCCN2)c1Cl.CC(C)(C)c1ccc2c(c1C1CCCN1)CCC2. The van der Waals surface area contributed by atoms with Gasteiger partial charge in [-0.1, -0.05) is 71.3 Å². The van der Waals surface area contributed by atoms with Crippen LogP contribution in [-0.4, -0.2) is 13.1 Å². The standard InChI is InChI=1S/C17H25N.C14H19ClFN/c1-17(2,3)14-10-9-12-6-4-7-13(12)16(14)15-8-5-11-18-15;1-14(2,3)12-10(16)7-6-9(13(12)15)11-5-4-8-17-11/h9-10,15,18H,4-8,11H2,1-3H3;6-7,11,17H,4-5,8H2,1-3H3. The van der Waals surface area contributed by atoms with Crippen molar-refractivity contribution in [3.63, 3.8) is 0 Å². The van der Waals surface area contributed by atoms with Crippen molar-refractivity contribution in [3.8, 4) is 0 Å². The van der Waals surface area contributed by atoms with Crippen LogP contribution < -0.4 is 10.6 Å². The summed E-state index contributed by atoms with van der Waals surface area (Å²) in [5.74, 6) is -0.204. The number of halogens is 2. The maximum Gasteiger partial charge on any atom is 0.128 e. The minimum atomic E-state index is -0.268. The van der Waals surface area contributed by atoms with Gasteiger partial charge in [-0.2, -0.15) is 0 Å². The van der Waals surface area contributed by atoms with Gasteiger partial charge in [-0.15, -0.1) is 0 Å². The average molecular weight is 499 g/mol. The molecular weight excluding hydrogens is 455 g/mol. The first-order valence-electron chi connectivity index (χ1n) is 13.6. The van der Waals surface area contributed by atoms with Gasteiger partial charge in [0.2, 0.25) is 0 Å². The Morgan fingerprint density at radius 2 is 1.46 bits per heavy atom. The van der Waals surface area contributed by atoms with E-state index in [1.165, 1.54) is 38.6 Å². The number of aryl methyl sites for hydroxylation is 1. The molecule has 2 saturated heterocycles. The molecule has 192 valence electrons. The summed E-state index contributed by atoms with van der Waals surface area (Å²) in [5, 5.41) is 7.71. The molecular formula is C31H44ClFN2. The highest BCUT2D eigenvalue weighted by atomic mass is 35.5. The number of nitrogens with one attached hydrogen (secondary N) is 2. The van der Waals surface area contributed by atoms with Crippen molar-refractivity contribution in [2.45, 2.75) is 109 Å². The predicted octanol–water partition coefficient (Wildman–Crippen LogP) is 8.10. The molecule has 2 nitrogen and oxygen atoms in total. The van der Waals surface area contributed by atoms with Crippen LogP contribution >= 0.6 is 11.6 Å². The molecule has 0 bridgehead atoms. The summed E-state index contributed by atoms with van der Waals surface area (Å²) >= 11 is 6.40. The monoisotopic (exact) mass is 498 g/mol. The van der Waals surface area contributed by atoms with Crippen LogP contribution in [0.4, 0.5) is 4.39 Å². The first-order chi connectivity index (χ1) is 16.5. The lowest BCUT2D eigenvalue weighted by molar-refractivity contribution is 0.519. The van der Waals surface area contributed by atoms with Gasteiger partial charge in [0.15, 0.2) is 0 Å².